The predicted molar refractivity (Wildman–Crippen MR) is 106 cm³/mol. The summed E-state index contributed by atoms with van der Waals surface area (Å²) in [4.78, 5) is 23.6. The quantitative estimate of drug-likeness (QED) is 0.892. The number of benzene rings is 1. The van der Waals surface area contributed by atoms with Gasteiger partial charge in [0.05, 0.1) is 0 Å². The molecule has 0 aliphatic carbocycles. The first-order valence-corrected chi connectivity index (χ1v) is 8.98. The number of hydrogen-bond acceptors (Lipinski definition) is 4. The number of aromatic nitrogens is 2. The number of rotatable bonds is 4. The molecule has 3 rings (SSSR count). The summed E-state index contributed by atoms with van der Waals surface area (Å²) in [7, 11) is 0. The minimum Gasteiger partial charge on any atom is -0.331 e. The number of carbonyl (C=O) groups excluding carboxylic acids is 1. The van der Waals surface area contributed by atoms with E-state index in [9.17, 15) is 4.79 Å². The third-order valence-electron chi connectivity index (χ3n) is 4.84. The van der Waals surface area contributed by atoms with Gasteiger partial charge in [-0.05, 0) is 57.8 Å². The summed E-state index contributed by atoms with van der Waals surface area (Å²) in [5, 5.41) is 3.43. The Kier molecular flexibility index (Phi) is 7.54. The van der Waals surface area contributed by atoms with Gasteiger partial charge in [-0.3, -0.25) is 4.79 Å². The highest BCUT2D eigenvalue weighted by Gasteiger charge is 2.26. The van der Waals surface area contributed by atoms with Crippen molar-refractivity contribution in [1.82, 2.24) is 20.2 Å². The van der Waals surface area contributed by atoms with Crippen LogP contribution in [0.25, 0.3) is 0 Å². The van der Waals surface area contributed by atoms with Gasteiger partial charge in [-0.25, -0.2) is 9.97 Å². The molecule has 0 bridgehead atoms. The van der Waals surface area contributed by atoms with Crippen LogP contribution in [-0.2, 0) is 6.54 Å². The zero-order valence-corrected chi connectivity index (χ0v) is 16.3. The second-order valence-corrected chi connectivity index (χ2v) is 6.83. The van der Waals surface area contributed by atoms with E-state index in [4.69, 9.17) is 0 Å². The Balaban J connectivity index is 0.00000243. The molecule has 0 saturated carbocycles. The lowest BCUT2D eigenvalue weighted by Crippen LogP contribution is -2.40. The molecule has 1 aliphatic heterocycles. The molecule has 1 aromatic carbocycles. The highest BCUT2D eigenvalue weighted by Crippen LogP contribution is 2.21. The van der Waals surface area contributed by atoms with Crippen LogP contribution in [0.15, 0.2) is 36.9 Å². The fourth-order valence-corrected chi connectivity index (χ4v) is 3.41. The largest absolute Gasteiger partial charge is 0.331 e. The number of aryl methyl sites for hydroxylation is 2. The first kappa shape index (κ1) is 20.3. The average molecular weight is 375 g/mol. The normalized spacial score (nSPS) is 17.1. The van der Waals surface area contributed by atoms with Gasteiger partial charge < -0.3 is 10.2 Å². The molecule has 2 heterocycles. The first-order chi connectivity index (χ1) is 12.1. The lowest BCUT2D eigenvalue weighted by molar-refractivity contribution is 0.0644. The minimum atomic E-state index is 0. The molecule has 1 N–H and O–H groups in total. The Hall–Kier alpha value is -1.98. The molecule has 0 spiro atoms. The molecule has 26 heavy (non-hydrogen) atoms. The van der Waals surface area contributed by atoms with E-state index in [0.29, 0.717) is 6.54 Å². The van der Waals surface area contributed by atoms with Crippen molar-refractivity contribution < 1.29 is 4.79 Å². The molecule has 1 saturated heterocycles. The third kappa shape index (κ3) is 5.02. The van der Waals surface area contributed by atoms with Crippen LogP contribution in [0.5, 0.6) is 0 Å². The van der Waals surface area contributed by atoms with E-state index in [1.165, 1.54) is 6.33 Å². The Bertz CT molecular complexity index is 715. The summed E-state index contributed by atoms with van der Waals surface area (Å²) >= 11 is 0. The van der Waals surface area contributed by atoms with Crippen molar-refractivity contribution in [2.45, 2.75) is 45.7 Å². The summed E-state index contributed by atoms with van der Waals surface area (Å²) in [6.45, 7) is 6.56. The highest BCUT2D eigenvalue weighted by atomic mass is 35.5. The number of halogens is 1. The maximum Gasteiger partial charge on any atom is 0.254 e. The molecular weight excluding hydrogens is 348 g/mol. The monoisotopic (exact) mass is 374 g/mol. The fourth-order valence-electron chi connectivity index (χ4n) is 3.41. The molecule has 1 atom stereocenters. The Morgan fingerprint density at radius 2 is 1.96 bits per heavy atom. The van der Waals surface area contributed by atoms with Crippen molar-refractivity contribution in [3.05, 3.63) is 59.2 Å². The van der Waals surface area contributed by atoms with Gasteiger partial charge in [0.2, 0.25) is 0 Å². The van der Waals surface area contributed by atoms with Crippen molar-refractivity contribution in [3.8, 4) is 0 Å². The topological polar surface area (TPSA) is 58.1 Å². The number of amides is 1. The molecule has 1 aliphatic rings. The maximum atomic E-state index is 13.4. The molecule has 5 nitrogen and oxygen atoms in total. The smallest absolute Gasteiger partial charge is 0.254 e. The highest BCUT2D eigenvalue weighted by molar-refractivity contribution is 5.96. The van der Waals surface area contributed by atoms with E-state index in [-0.39, 0.29) is 24.4 Å². The van der Waals surface area contributed by atoms with Crippen LogP contribution in [0.3, 0.4) is 0 Å². The van der Waals surface area contributed by atoms with E-state index in [1.54, 1.807) is 12.4 Å². The minimum absolute atomic E-state index is 0. The van der Waals surface area contributed by atoms with Gasteiger partial charge in [-0.1, -0.05) is 17.7 Å². The zero-order valence-electron chi connectivity index (χ0n) is 15.4. The number of nitrogens with zero attached hydrogens (tertiary/aromatic N) is 3. The fraction of sp³-hybridized carbons (Fsp3) is 0.450. The second-order valence-electron chi connectivity index (χ2n) is 6.83. The molecule has 6 heteroatoms. The predicted octanol–water partition coefficient (Wildman–Crippen LogP) is 3.30. The molecule has 1 fully saturated rings. The SMILES string of the molecule is Cc1ccc(C)c(C(=O)N(Cc2cncnc2)C2CCCNCC2)c1.Cl. The van der Waals surface area contributed by atoms with Crippen LogP contribution in [0.2, 0.25) is 0 Å². The van der Waals surface area contributed by atoms with Crippen LogP contribution < -0.4 is 5.32 Å². The second kappa shape index (κ2) is 9.64. The van der Waals surface area contributed by atoms with Gasteiger partial charge in [-0.2, -0.15) is 0 Å². The summed E-state index contributed by atoms with van der Waals surface area (Å²) in [6.07, 6.45) is 8.21. The van der Waals surface area contributed by atoms with Crippen LogP contribution in [0.4, 0.5) is 0 Å². The standard InChI is InChI=1S/C20H26N4O.ClH/c1-15-5-6-16(2)19(10-15)20(25)24(13-17-11-22-14-23-12-17)18-4-3-8-21-9-7-18;/h5-6,10-12,14,18,21H,3-4,7-9,13H2,1-2H3;1H. The van der Waals surface area contributed by atoms with Crippen molar-refractivity contribution in [2.24, 2.45) is 0 Å². The van der Waals surface area contributed by atoms with Crippen molar-refractivity contribution in [1.29, 1.82) is 0 Å². The summed E-state index contributed by atoms with van der Waals surface area (Å²) in [5.41, 5.74) is 3.91. The summed E-state index contributed by atoms with van der Waals surface area (Å²) in [6, 6.07) is 6.32. The first-order valence-electron chi connectivity index (χ1n) is 8.98. The van der Waals surface area contributed by atoms with E-state index < -0.39 is 0 Å². The number of nitrogens with one attached hydrogen (secondary N) is 1. The Morgan fingerprint density at radius 1 is 1.19 bits per heavy atom. The van der Waals surface area contributed by atoms with Crippen molar-refractivity contribution in [2.75, 3.05) is 13.1 Å². The molecule has 0 radical (unpaired) electrons. The molecule has 2 aromatic rings. The van der Waals surface area contributed by atoms with Crippen LogP contribution in [-0.4, -0.2) is 39.9 Å². The molecule has 1 aromatic heterocycles. The average Bonchev–Trinajstić information content (AvgIpc) is 2.91. The summed E-state index contributed by atoms with van der Waals surface area (Å²) < 4.78 is 0. The third-order valence-corrected chi connectivity index (χ3v) is 4.84. The molecule has 140 valence electrons. The molecular formula is C20H27ClN4O. The van der Waals surface area contributed by atoms with E-state index >= 15 is 0 Å². The molecule has 1 amide bonds. The lowest BCUT2D eigenvalue weighted by Gasteiger charge is -2.32. The van der Waals surface area contributed by atoms with Crippen molar-refractivity contribution in [3.63, 3.8) is 0 Å². The van der Waals surface area contributed by atoms with E-state index in [2.05, 4.69) is 21.4 Å². The Labute approximate surface area is 161 Å². The van der Waals surface area contributed by atoms with Gasteiger partial charge >= 0.3 is 0 Å². The van der Waals surface area contributed by atoms with Crippen molar-refractivity contribution >= 4 is 18.3 Å². The van der Waals surface area contributed by atoms with Gasteiger partial charge in [0.25, 0.3) is 5.91 Å². The lowest BCUT2D eigenvalue weighted by atomic mass is 10.0. The number of carbonyl (C=O) groups is 1. The van der Waals surface area contributed by atoms with Crippen LogP contribution in [0, 0.1) is 13.8 Å². The maximum absolute atomic E-state index is 13.4. The van der Waals surface area contributed by atoms with E-state index in [0.717, 1.165) is 54.6 Å². The van der Waals surface area contributed by atoms with Gasteiger partial charge in [0.1, 0.15) is 6.33 Å². The van der Waals surface area contributed by atoms with E-state index in [1.807, 2.05) is 30.9 Å². The zero-order chi connectivity index (χ0) is 17.6. The Morgan fingerprint density at radius 3 is 2.73 bits per heavy atom. The number of hydrogen-bond donors (Lipinski definition) is 1. The van der Waals surface area contributed by atoms with Crippen LogP contribution in [0.1, 0.15) is 46.3 Å². The van der Waals surface area contributed by atoms with Gasteiger partial charge in [0.15, 0.2) is 0 Å². The molecule has 1 unspecified atom stereocenters. The van der Waals surface area contributed by atoms with Gasteiger partial charge in [-0.15, -0.1) is 12.4 Å². The summed E-state index contributed by atoms with van der Waals surface area (Å²) in [5.74, 6) is 0.108. The van der Waals surface area contributed by atoms with Crippen LogP contribution >= 0.6 is 12.4 Å². The van der Waals surface area contributed by atoms with Gasteiger partial charge in [0, 0.05) is 36.1 Å².